The number of carboxylic acid groups (broad SMARTS) is 1. The van der Waals surface area contributed by atoms with Crippen LogP contribution in [0.5, 0.6) is 11.5 Å². The Balaban J connectivity index is 1.89. The third kappa shape index (κ3) is 5.51. The summed E-state index contributed by atoms with van der Waals surface area (Å²) in [6.07, 6.45) is 4.62. The highest BCUT2D eigenvalue weighted by Crippen LogP contribution is 2.38. The Morgan fingerprint density at radius 1 is 1.24 bits per heavy atom. The fourth-order valence-corrected chi connectivity index (χ4v) is 4.41. The number of allylic oxidation sites excluding steroid dienone is 1. The van der Waals surface area contributed by atoms with E-state index in [0.717, 1.165) is 22.9 Å². The SMILES string of the molecule is C=CCc1cc(/C=C2/SC(=O)N([C@@H](C)CC)C2=O)cc(OC)c1OCc1ccc(C(=O)O)cc1. The quantitative estimate of drug-likeness (QED) is 0.352. The zero-order valence-corrected chi connectivity index (χ0v) is 20.2. The van der Waals surface area contributed by atoms with E-state index >= 15 is 0 Å². The number of nitrogens with zero attached hydrogens (tertiary/aromatic N) is 1. The number of imide groups is 1. The van der Waals surface area contributed by atoms with E-state index in [0.29, 0.717) is 34.8 Å². The first-order valence-corrected chi connectivity index (χ1v) is 11.6. The molecule has 0 aliphatic carbocycles. The van der Waals surface area contributed by atoms with Gasteiger partial charge >= 0.3 is 5.97 Å². The molecule has 0 unspecified atom stereocenters. The van der Waals surface area contributed by atoms with Crippen LogP contribution >= 0.6 is 11.8 Å². The van der Waals surface area contributed by atoms with E-state index in [2.05, 4.69) is 6.58 Å². The van der Waals surface area contributed by atoms with E-state index in [1.54, 1.807) is 30.4 Å². The lowest BCUT2D eigenvalue weighted by Crippen LogP contribution is -2.36. The minimum atomic E-state index is -0.986. The molecule has 1 atom stereocenters. The molecule has 1 aliphatic heterocycles. The highest BCUT2D eigenvalue weighted by Gasteiger charge is 2.37. The number of carbonyl (C=O) groups excluding carboxylic acids is 2. The van der Waals surface area contributed by atoms with Crippen LogP contribution < -0.4 is 9.47 Å². The van der Waals surface area contributed by atoms with Gasteiger partial charge in [-0.2, -0.15) is 0 Å². The Hall–Kier alpha value is -3.52. The van der Waals surface area contributed by atoms with Crippen LogP contribution in [0.1, 0.15) is 47.3 Å². The molecular formula is C26H27NO6S. The van der Waals surface area contributed by atoms with Crippen molar-refractivity contribution in [3.05, 3.63) is 76.2 Å². The maximum absolute atomic E-state index is 12.8. The zero-order chi connectivity index (χ0) is 24.8. The number of hydrogen-bond donors (Lipinski definition) is 1. The Labute approximate surface area is 203 Å². The molecule has 2 amide bonds. The zero-order valence-electron chi connectivity index (χ0n) is 19.4. The molecule has 178 valence electrons. The Kier molecular flexibility index (Phi) is 8.17. The molecule has 1 fully saturated rings. The largest absolute Gasteiger partial charge is 0.493 e. The number of ether oxygens (including phenoxy) is 2. The van der Waals surface area contributed by atoms with Crippen molar-refractivity contribution in [2.24, 2.45) is 0 Å². The van der Waals surface area contributed by atoms with E-state index in [4.69, 9.17) is 14.6 Å². The first-order chi connectivity index (χ1) is 16.3. The van der Waals surface area contributed by atoms with Crippen molar-refractivity contribution in [2.45, 2.75) is 39.3 Å². The third-order valence-corrected chi connectivity index (χ3v) is 6.36. The lowest BCUT2D eigenvalue weighted by atomic mass is 10.0. The second-order valence-electron chi connectivity index (χ2n) is 7.80. The normalized spacial score (nSPS) is 15.5. The van der Waals surface area contributed by atoms with Crippen LogP contribution in [0.15, 0.2) is 54.0 Å². The van der Waals surface area contributed by atoms with Gasteiger partial charge in [-0.3, -0.25) is 14.5 Å². The summed E-state index contributed by atoms with van der Waals surface area (Å²) in [5, 5.41) is 8.79. The number of hydrogen-bond acceptors (Lipinski definition) is 6. The summed E-state index contributed by atoms with van der Waals surface area (Å²) in [5.41, 5.74) is 2.53. The molecule has 0 saturated carbocycles. The number of methoxy groups -OCH3 is 1. The first-order valence-electron chi connectivity index (χ1n) is 10.8. The van der Waals surface area contributed by atoms with Gasteiger partial charge in [-0.1, -0.05) is 25.1 Å². The van der Waals surface area contributed by atoms with Gasteiger partial charge < -0.3 is 14.6 Å². The van der Waals surface area contributed by atoms with Crippen molar-refractivity contribution >= 4 is 35.0 Å². The molecule has 3 rings (SSSR count). The minimum Gasteiger partial charge on any atom is -0.493 e. The van der Waals surface area contributed by atoms with Crippen molar-refractivity contribution in [2.75, 3.05) is 7.11 Å². The van der Waals surface area contributed by atoms with Crippen LogP contribution in [-0.4, -0.2) is 40.3 Å². The topological polar surface area (TPSA) is 93.1 Å². The van der Waals surface area contributed by atoms with Crippen LogP contribution in [0, 0.1) is 0 Å². The molecule has 0 spiro atoms. The average Bonchev–Trinajstić information content (AvgIpc) is 3.10. The molecule has 0 bridgehead atoms. The summed E-state index contributed by atoms with van der Waals surface area (Å²) in [6, 6.07) is 9.92. The number of benzene rings is 2. The predicted molar refractivity (Wildman–Crippen MR) is 132 cm³/mol. The smallest absolute Gasteiger partial charge is 0.335 e. The fourth-order valence-electron chi connectivity index (χ4n) is 3.48. The van der Waals surface area contributed by atoms with Gasteiger partial charge in [0.05, 0.1) is 17.6 Å². The average molecular weight is 482 g/mol. The van der Waals surface area contributed by atoms with E-state index in [1.807, 2.05) is 19.9 Å². The van der Waals surface area contributed by atoms with Crippen LogP contribution in [-0.2, 0) is 17.8 Å². The molecule has 0 radical (unpaired) electrons. The van der Waals surface area contributed by atoms with E-state index in [1.165, 1.54) is 24.1 Å². The summed E-state index contributed by atoms with van der Waals surface area (Å²) in [7, 11) is 1.53. The summed E-state index contributed by atoms with van der Waals surface area (Å²) < 4.78 is 11.6. The Bertz CT molecular complexity index is 1140. The Morgan fingerprint density at radius 2 is 1.94 bits per heavy atom. The van der Waals surface area contributed by atoms with Crippen molar-refractivity contribution in [3.8, 4) is 11.5 Å². The van der Waals surface area contributed by atoms with Gasteiger partial charge in [0.25, 0.3) is 11.1 Å². The molecule has 1 heterocycles. The minimum absolute atomic E-state index is 0.162. The lowest BCUT2D eigenvalue weighted by Gasteiger charge is -2.19. The van der Waals surface area contributed by atoms with Crippen molar-refractivity contribution < 1.29 is 29.0 Å². The van der Waals surface area contributed by atoms with E-state index in [9.17, 15) is 14.4 Å². The summed E-state index contributed by atoms with van der Waals surface area (Å²) in [4.78, 5) is 37.8. The predicted octanol–water partition coefficient (Wildman–Crippen LogP) is 5.54. The van der Waals surface area contributed by atoms with Crippen LogP contribution in [0.2, 0.25) is 0 Å². The lowest BCUT2D eigenvalue weighted by molar-refractivity contribution is -0.124. The summed E-state index contributed by atoms with van der Waals surface area (Å²) in [6.45, 7) is 7.82. The highest BCUT2D eigenvalue weighted by atomic mass is 32.2. The highest BCUT2D eigenvalue weighted by molar-refractivity contribution is 8.18. The first kappa shape index (κ1) is 25.1. The fraction of sp³-hybridized carbons (Fsp3) is 0.269. The van der Waals surface area contributed by atoms with Crippen molar-refractivity contribution in [3.63, 3.8) is 0 Å². The van der Waals surface area contributed by atoms with Crippen LogP contribution in [0.3, 0.4) is 0 Å². The molecule has 2 aromatic carbocycles. The van der Waals surface area contributed by atoms with Crippen LogP contribution in [0.4, 0.5) is 4.79 Å². The van der Waals surface area contributed by atoms with Crippen LogP contribution in [0.25, 0.3) is 6.08 Å². The number of carboxylic acids is 1. The van der Waals surface area contributed by atoms with Gasteiger partial charge in [-0.25, -0.2) is 4.79 Å². The number of rotatable bonds is 10. The molecule has 7 nitrogen and oxygen atoms in total. The van der Waals surface area contributed by atoms with Gasteiger partial charge in [0.2, 0.25) is 0 Å². The van der Waals surface area contributed by atoms with Gasteiger partial charge in [0, 0.05) is 11.6 Å². The summed E-state index contributed by atoms with van der Waals surface area (Å²) >= 11 is 0.932. The van der Waals surface area contributed by atoms with Crippen molar-refractivity contribution in [1.29, 1.82) is 0 Å². The van der Waals surface area contributed by atoms with Gasteiger partial charge in [0.1, 0.15) is 6.61 Å². The second kappa shape index (κ2) is 11.1. The molecule has 0 aromatic heterocycles. The van der Waals surface area contributed by atoms with E-state index < -0.39 is 5.97 Å². The molecule has 2 aromatic rings. The van der Waals surface area contributed by atoms with Gasteiger partial charge in [-0.15, -0.1) is 6.58 Å². The standard InChI is InChI=1S/C26H27NO6S/c1-5-7-20-12-18(14-22-24(28)27(16(3)6-2)26(31)34-22)13-21(32-4)23(20)33-15-17-8-10-19(11-9-17)25(29)30/h5,8-14,16H,1,6-7,15H2,2-4H3,(H,29,30)/b22-14+/t16-/m0/s1. The maximum Gasteiger partial charge on any atom is 0.335 e. The molecule has 1 aliphatic rings. The maximum atomic E-state index is 12.8. The van der Waals surface area contributed by atoms with Gasteiger partial charge in [-0.05, 0) is 73.0 Å². The molecular weight excluding hydrogens is 454 g/mol. The Morgan fingerprint density at radius 3 is 2.53 bits per heavy atom. The monoisotopic (exact) mass is 481 g/mol. The molecule has 8 heteroatoms. The third-order valence-electron chi connectivity index (χ3n) is 5.48. The molecule has 1 N–H and O–H groups in total. The number of aromatic carboxylic acids is 1. The molecule has 34 heavy (non-hydrogen) atoms. The van der Waals surface area contributed by atoms with Crippen molar-refractivity contribution in [1.82, 2.24) is 4.90 Å². The van der Waals surface area contributed by atoms with Gasteiger partial charge in [0.15, 0.2) is 11.5 Å². The number of carbonyl (C=O) groups is 3. The second-order valence-corrected chi connectivity index (χ2v) is 8.80. The molecule has 1 saturated heterocycles. The van der Waals surface area contributed by atoms with E-state index in [-0.39, 0.29) is 29.4 Å². The summed E-state index contributed by atoms with van der Waals surface area (Å²) in [5.74, 6) is -0.262. The number of thioether (sulfide) groups is 1. The number of amides is 2.